The van der Waals surface area contributed by atoms with Gasteiger partial charge in [-0.3, -0.25) is 0 Å². The average Bonchev–Trinajstić information content (AvgIpc) is 3.08. The summed E-state index contributed by atoms with van der Waals surface area (Å²) in [6, 6.07) is 0. The first-order chi connectivity index (χ1) is 8.17. The molecule has 0 aromatic rings. The Morgan fingerprint density at radius 1 is 1.59 bits per heavy atom. The summed E-state index contributed by atoms with van der Waals surface area (Å²) in [6.07, 6.45) is 4.46. The molecule has 1 aliphatic heterocycles. The van der Waals surface area contributed by atoms with Gasteiger partial charge in [-0.25, -0.2) is 0 Å². The highest BCUT2D eigenvalue weighted by Gasteiger charge is 2.44. The highest BCUT2D eigenvalue weighted by atomic mass is 32.2. The fourth-order valence-corrected chi connectivity index (χ4v) is 3.88. The number of nitrogens with two attached hydrogens (primary N) is 1. The van der Waals surface area contributed by atoms with E-state index in [0.717, 1.165) is 18.2 Å². The van der Waals surface area contributed by atoms with E-state index in [9.17, 15) is 0 Å². The van der Waals surface area contributed by atoms with Crippen molar-refractivity contribution in [2.24, 2.45) is 16.3 Å². The molecule has 1 heterocycles. The number of thioether (sulfide) groups is 1. The third-order valence-electron chi connectivity index (χ3n) is 3.88. The monoisotopic (exact) mass is 257 g/mol. The van der Waals surface area contributed by atoms with Gasteiger partial charge in [-0.2, -0.15) is 11.8 Å². The first-order valence-electron chi connectivity index (χ1n) is 6.48. The largest absolute Gasteiger partial charge is 0.409 e. The fraction of sp³-hybridized carbons (Fsp3) is 0.917. The van der Waals surface area contributed by atoms with Crippen molar-refractivity contribution < 1.29 is 5.21 Å². The summed E-state index contributed by atoms with van der Waals surface area (Å²) in [6.45, 7) is 5.79. The first kappa shape index (κ1) is 13.0. The van der Waals surface area contributed by atoms with Gasteiger partial charge in [-0.15, -0.1) is 0 Å². The van der Waals surface area contributed by atoms with Gasteiger partial charge in [-0.1, -0.05) is 12.1 Å². The van der Waals surface area contributed by atoms with E-state index in [4.69, 9.17) is 10.9 Å². The molecule has 1 saturated carbocycles. The lowest BCUT2D eigenvalue weighted by Crippen LogP contribution is -2.41. The Labute approximate surface area is 108 Å². The molecular formula is C12H23N3OS. The minimum absolute atomic E-state index is 0.316. The van der Waals surface area contributed by atoms with Crippen LogP contribution in [0.4, 0.5) is 0 Å². The predicted molar refractivity (Wildman–Crippen MR) is 72.7 cm³/mol. The fourth-order valence-electron chi connectivity index (χ4n) is 2.63. The molecule has 0 radical (unpaired) electrons. The van der Waals surface area contributed by atoms with Crippen LogP contribution in [0.2, 0.25) is 0 Å². The van der Waals surface area contributed by atoms with Crippen molar-refractivity contribution in [3.05, 3.63) is 0 Å². The summed E-state index contributed by atoms with van der Waals surface area (Å²) in [4.78, 5) is 2.57. The normalized spacial score (nSPS) is 29.2. The van der Waals surface area contributed by atoms with Crippen molar-refractivity contribution in [3.8, 4) is 0 Å². The zero-order valence-electron chi connectivity index (χ0n) is 10.6. The Hall–Kier alpha value is -0.420. The molecular weight excluding hydrogens is 234 g/mol. The summed E-state index contributed by atoms with van der Waals surface area (Å²) in [5.74, 6) is 1.64. The summed E-state index contributed by atoms with van der Waals surface area (Å²) >= 11 is 2.10. The lowest BCUT2D eigenvalue weighted by Gasteiger charge is -2.34. The maximum Gasteiger partial charge on any atom is 0.139 e. The second kappa shape index (κ2) is 5.48. The molecule has 1 unspecified atom stereocenters. The van der Waals surface area contributed by atoms with Crippen LogP contribution in [0.5, 0.6) is 0 Å². The number of rotatable bonds is 5. The topological polar surface area (TPSA) is 61.8 Å². The van der Waals surface area contributed by atoms with Gasteiger partial charge in [-0.05, 0) is 24.7 Å². The van der Waals surface area contributed by atoms with Crippen molar-refractivity contribution in [3.63, 3.8) is 0 Å². The van der Waals surface area contributed by atoms with E-state index in [0.29, 0.717) is 11.3 Å². The SMILES string of the molecule is CCC1CN(CC2(CC(N)=NO)CC2)CCS1. The maximum absolute atomic E-state index is 8.66. The smallest absolute Gasteiger partial charge is 0.139 e. The van der Waals surface area contributed by atoms with Gasteiger partial charge in [0.25, 0.3) is 0 Å². The van der Waals surface area contributed by atoms with Gasteiger partial charge in [0.15, 0.2) is 0 Å². The van der Waals surface area contributed by atoms with Crippen LogP contribution in [-0.4, -0.2) is 46.6 Å². The highest BCUT2D eigenvalue weighted by Crippen LogP contribution is 2.49. The zero-order valence-corrected chi connectivity index (χ0v) is 11.4. The van der Waals surface area contributed by atoms with Crippen molar-refractivity contribution in [1.82, 2.24) is 4.90 Å². The van der Waals surface area contributed by atoms with Gasteiger partial charge in [0.05, 0.1) is 0 Å². The van der Waals surface area contributed by atoms with Crippen LogP contribution in [0.1, 0.15) is 32.6 Å². The van der Waals surface area contributed by atoms with Crippen molar-refractivity contribution in [1.29, 1.82) is 0 Å². The molecule has 3 N–H and O–H groups in total. The maximum atomic E-state index is 8.66. The zero-order chi connectivity index (χ0) is 12.3. The van der Waals surface area contributed by atoms with Crippen molar-refractivity contribution in [2.75, 3.05) is 25.4 Å². The molecule has 2 rings (SSSR count). The molecule has 1 saturated heterocycles. The third kappa shape index (κ3) is 3.52. The van der Waals surface area contributed by atoms with Crippen LogP contribution in [0.25, 0.3) is 0 Å². The van der Waals surface area contributed by atoms with Gasteiger partial charge < -0.3 is 15.8 Å². The van der Waals surface area contributed by atoms with E-state index < -0.39 is 0 Å². The molecule has 0 bridgehead atoms. The molecule has 0 aromatic carbocycles. The summed E-state index contributed by atoms with van der Waals surface area (Å²) in [7, 11) is 0. The van der Waals surface area contributed by atoms with Crippen molar-refractivity contribution in [2.45, 2.75) is 37.9 Å². The molecule has 0 aromatic heterocycles. The number of hydrogen-bond acceptors (Lipinski definition) is 4. The Morgan fingerprint density at radius 3 is 2.94 bits per heavy atom. The van der Waals surface area contributed by atoms with Crippen LogP contribution in [0.3, 0.4) is 0 Å². The number of amidine groups is 1. The molecule has 4 nitrogen and oxygen atoms in total. The first-order valence-corrected chi connectivity index (χ1v) is 7.53. The molecule has 1 aliphatic carbocycles. The predicted octanol–water partition coefficient (Wildman–Crippen LogP) is 1.73. The molecule has 5 heteroatoms. The minimum Gasteiger partial charge on any atom is -0.409 e. The lowest BCUT2D eigenvalue weighted by atomic mass is 10.0. The van der Waals surface area contributed by atoms with E-state index in [1.54, 1.807) is 0 Å². The lowest BCUT2D eigenvalue weighted by molar-refractivity contribution is 0.226. The Bertz CT molecular complexity index is 291. The number of hydrogen-bond donors (Lipinski definition) is 2. The molecule has 0 spiro atoms. The molecule has 17 heavy (non-hydrogen) atoms. The number of oxime groups is 1. The van der Waals surface area contributed by atoms with E-state index in [1.807, 2.05) is 0 Å². The van der Waals surface area contributed by atoms with Gasteiger partial charge >= 0.3 is 0 Å². The van der Waals surface area contributed by atoms with Crippen LogP contribution < -0.4 is 5.73 Å². The molecule has 98 valence electrons. The molecule has 2 aliphatic rings. The minimum atomic E-state index is 0.316. The Balaban J connectivity index is 1.83. The molecule has 1 atom stereocenters. The van der Waals surface area contributed by atoms with E-state index in [-0.39, 0.29) is 0 Å². The standard InChI is InChI=1S/C12H23N3OS/c1-2-10-8-15(5-6-17-10)9-12(3-4-12)7-11(13)14-16/h10,16H,2-9H2,1H3,(H2,13,14). The van der Waals surface area contributed by atoms with Crippen LogP contribution >= 0.6 is 11.8 Å². The van der Waals surface area contributed by atoms with Crippen LogP contribution in [-0.2, 0) is 0 Å². The second-order valence-corrected chi connectivity index (χ2v) is 6.81. The van der Waals surface area contributed by atoms with Crippen LogP contribution in [0, 0.1) is 5.41 Å². The summed E-state index contributed by atoms with van der Waals surface area (Å²) < 4.78 is 0. The third-order valence-corrected chi connectivity index (χ3v) is 5.25. The van der Waals surface area contributed by atoms with Crippen molar-refractivity contribution >= 4 is 17.6 Å². The average molecular weight is 257 g/mol. The number of nitrogens with zero attached hydrogens (tertiary/aromatic N) is 2. The van der Waals surface area contributed by atoms with Gasteiger partial charge in [0.1, 0.15) is 5.84 Å². The quantitative estimate of drug-likeness (QED) is 0.341. The summed E-state index contributed by atoms with van der Waals surface area (Å²) in [5, 5.41) is 12.6. The Kier molecular flexibility index (Phi) is 4.20. The molecule has 0 amide bonds. The molecule has 2 fully saturated rings. The van der Waals surface area contributed by atoms with E-state index in [1.165, 1.54) is 38.1 Å². The van der Waals surface area contributed by atoms with Gasteiger partial charge in [0.2, 0.25) is 0 Å². The van der Waals surface area contributed by atoms with Crippen LogP contribution in [0.15, 0.2) is 5.16 Å². The Morgan fingerprint density at radius 2 is 2.35 bits per heavy atom. The second-order valence-electron chi connectivity index (χ2n) is 5.40. The van der Waals surface area contributed by atoms with E-state index >= 15 is 0 Å². The summed E-state index contributed by atoms with van der Waals surface area (Å²) in [5.41, 5.74) is 5.95. The van der Waals surface area contributed by atoms with E-state index in [2.05, 4.69) is 28.7 Å². The van der Waals surface area contributed by atoms with Gasteiger partial charge in [0, 0.05) is 37.1 Å². The highest BCUT2D eigenvalue weighted by molar-refractivity contribution is 8.00.